The lowest BCUT2D eigenvalue weighted by molar-refractivity contribution is 0.748. The monoisotopic (exact) mass is 906 g/mol. The minimum absolute atomic E-state index is 0.472. The predicted octanol–water partition coefficient (Wildman–Crippen LogP) is 18.3. The summed E-state index contributed by atoms with van der Waals surface area (Å²) in [5, 5.41) is 5.14. The molecule has 70 heavy (non-hydrogen) atoms. The quantitative estimate of drug-likeness (QED) is 0.161. The lowest BCUT2D eigenvalue weighted by Crippen LogP contribution is -2.33. The highest BCUT2D eigenvalue weighted by molar-refractivity contribution is 7.25. The first-order valence-corrected chi connectivity index (χ1v) is 25.0. The molecule has 2 nitrogen and oxygen atoms in total. The Labute approximate surface area is 410 Å². The number of hydrogen-bond acceptors (Lipinski definition) is 2. The molecule has 1 spiro atoms. The summed E-state index contributed by atoms with van der Waals surface area (Å²) in [7, 11) is 0. The summed E-state index contributed by atoms with van der Waals surface area (Å²) in [6.07, 6.45) is 0. The van der Waals surface area contributed by atoms with Gasteiger partial charge in [-0.25, -0.2) is 0 Å². The van der Waals surface area contributed by atoms with Crippen molar-refractivity contribution < 1.29 is 0 Å². The number of thiophene rings is 1. The van der Waals surface area contributed by atoms with Crippen LogP contribution in [0.4, 0.5) is 17.1 Å². The summed E-state index contributed by atoms with van der Waals surface area (Å²) in [4.78, 5) is 2.46. The Kier molecular flexibility index (Phi) is 8.48. The second-order valence-corrected chi connectivity index (χ2v) is 19.8. The van der Waals surface area contributed by atoms with Crippen LogP contribution in [0, 0.1) is 0 Å². The summed E-state index contributed by atoms with van der Waals surface area (Å²) in [6.45, 7) is 0. The van der Waals surface area contributed by atoms with E-state index in [9.17, 15) is 0 Å². The molecule has 15 rings (SSSR count). The van der Waals surface area contributed by atoms with Crippen LogP contribution >= 0.6 is 11.3 Å². The fraction of sp³-hybridized carbons (Fsp3) is 0.0149. The van der Waals surface area contributed by atoms with E-state index in [-0.39, 0.29) is 0 Å². The van der Waals surface area contributed by atoms with Crippen molar-refractivity contribution in [3.8, 4) is 50.2 Å². The van der Waals surface area contributed by atoms with E-state index in [2.05, 4.69) is 264 Å². The van der Waals surface area contributed by atoms with E-state index in [4.69, 9.17) is 0 Å². The molecule has 0 bridgehead atoms. The van der Waals surface area contributed by atoms with Gasteiger partial charge in [-0.2, -0.15) is 0 Å². The van der Waals surface area contributed by atoms with Crippen molar-refractivity contribution in [2.75, 3.05) is 4.90 Å². The van der Waals surface area contributed by atoms with Crippen molar-refractivity contribution in [3.05, 3.63) is 277 Å². The molecule has 3 heteroatoms. The molecule has 0 N–H and O–H groups in total. The smallest absolute Gasteiger partial charge is 0.0754 e. The van der Waals surface area contributed by atoms with E-state index in [1.165, 1.54) is 114 Å². The SMILES string of the molecule is c1ccc(-c2cccc(N(c3ccc(-c4cccc5sc6ccccc6c45)cc3)c3ccccc3-c3cccc4c3c3cccc5c3n4-c3ccccc3C53c4ccccc4-c4ccccc43)c2)cc1. The summed E-state index contributed by atoms with van der Waals surface area (Å²) < 4.78 is 5.19. The number of hydrogen-bond donors (Lipinski definition) is 0. The van der Waals surface area contributed by atoms with Gasteiger partial charge in [0.2, 0.25) is 0 Å². The molecule has 0 radical (unpaired) electrons. The van der Waals surface area contributed by atoms with Crippen molar-refractivity contribution in [2.24, 2.45) is 0 Å². The zero-order valence-corrected chi connectivity index (χ0v) is 38.9. The maximum atomic E-state index is 2.56. The van der Waals surface area contributed by atoms with Gasteiger partial charge in [-0.3, -0.25) is 0 Å². The van der Waals surface area contributed by atoms with Crippen LogP contribution in [0.5, 0.6) is 0 Å². The molecular weight excluding hydrogens is 865 g/mol. The van der Waals surface area contributed by atoms with E-state index < -0.39 is 5.41 Å². The van der Waals surface area contributed by atoms with Crippen LogP contribution in [0.2, 0.25) is 0 Å². The normalized spacial score (nSPS) is 13.0. The lowest BCUT2D eigenvalue weighted by atomic mass is 9.65. The fourth-order valence-corrected chi connectivity index (χ4v) is 13.6. The topological polar surface area (TPSA) is 8.17 Å². The predicted molar refractivity (Wildman–Crippen MR) is 296 cm³/mol. The van der Waals surface area contributed by atoms with Crippen molar-refractivity contribution in [2.45, 2.75) is 5.41 Å². The number of nitrogens with zero attached hydrogens (tertiary/aromatic N) is 2. The first-order valence-electron chi connectivity index (χ1n) is 24.2. The minimum Gasteiger partial charge on any atom is -0.310 e. The van der Waals surface area contributed by atoms with E-state index >= 15 is 0 Å². The Morgan fingerprint density at radius 1 is 0.343 bits per heavy atom. The van der Waals surface area contributed by atoms with Crippen LogP contribution in [0.15, 0.2) is 255 Å². The zero-order valence-electron chi connectivity index (χ0n) is 38.1. The molecule has 11 aromatic carbocycles. The molecule has 0 fully saturated rings. The van der Waals surface area contributed by atoms with Crippen molar-refractivity contribution >= 4 is 70.4 Å². The van der Waals surface area contributed by atoms with Gasteiger partial charge in [-0.1, -0.05) is 200 Å². The Hall–Kier alpha value is -8.76. The van der Waals surface area contributed by atoms with Gasteiger partial charge in [0.05, 0.1) is 27.8 Å². The molecule has 326 valence electrons. The molecule has 3 heterocycles. The largest absolute Gasteiger partial charge is 0.310 e. The van der Waals surface area contributed by atoms with Gasteiger partial charge in [0.1, 0.15) is 0 Å². The van der Waals surface area contributed by atoms with Gasteiger partial charge in [0.25, 0.3) is 0 Å². The first kappa shape index (κ1) is 39.3. The van der Waals surface area contributed by atoms with Crippen LogP contribution in [0.1, 0.15) is 22.3 Å². The lowest BCUT2D eigenvalue weighted by Gasteiger charge is -2.39. The number of fused-ring (bicyclic) bond motifs is 15. The second-order valence-electron chi connectivity index (χ2n) is 18.7. The van der Waals surface area contributed by atoms with Crippen molar-refractivity contribution in [1.82, 2.24) is 4.57 Å². The summed E-state index contributed by atoms with van der Waals surface area (Å²) >= 11 is 1.87. The molecule has 1 aliphatic heterocycles. The minimum atomic E-state index is -0.472. The average molecular weight is 907 g/mol. The fourth-order valence-electron chi connectivity index (χ4n) is 12.4. The molecule has 13 aromatic rings. The van der Waals surface area contributed by atoms with Gasteiger partial charge >= 0.3 is 0 Å². The number of benzene rings is 11. The van der Waals surface area contributed by atoms with Gasteiger partial charge < -0.3 is 9.47 Å². The van der Waals surface area contributed by atoms with E-state index in [1.54, 1.807) is 0 Å². The summed E-state index contributed by atoms with van der Waals surface area (Å²) in [6, 6.07) is 94.8. The first-order chi connectivity index (χ1) is 34.8. The third-order valence-corrected chi connectivity index (χ3v) is 16.3. The van der Waals surface area contributed by atoms with Crippen molar-refractivity contribution in [1.29, 1.82) is 0 Å². The number of rotatable bonds is 6. The van der Waals surface area contributed by atoms with Gasteiger partial charge in [-0.05, 0) is 116 Å². The Balaban J connectivity index is 0.965. The number of para-hydroxylation sites is 3. The third kappa shape index (κ3) is 5.44. The van der Waals surface area contributed by atoms with Crippen LogP contribution in [0.3, 0.4) is 0 Å². The zero-order chi connectivity index (χ0) is 45.9. The van der Waals surface area contributed by atoms with E-state index in [1.807, 2.05) is 11.3 Å². The molecule has 0 saturated heterocycles. The van der Waals surface area contributed by atoms with Gasteiger partial charge in [0, 0.05) is 47.9 Å². The molecule has 1 aliphatic carbocycles. The molecule has 0 amide bonds. The van der Waals surface area contributed by atoms with Crippen LogP contribution in [-0.4, -0.2) is 4.57 Å². The highest BCUT2D eigenvalue weighted by atomic mass is 32.1. The van der Waals surface area contributed by atoms with Crippen LogP contribution < -0.4 is 4.90 Å². The molecule has 0 atom stereocenters. The third-order valence-electron chi connectivity index (χ3n) is 15.2. The molecule has 0 saturated carbocycles. The van der Waals surface area contributed by atoms with Crippen LogP contribution in [0.25, 0.3) is 92.2 Å². The Bertz CT molecular complexity index is 4200. The summed E-state index contributed by atoms with van der Waals surface area (Å²) in [5.41, 5.74) is 21.7. The highest BCUT2D eigenvalue weighted by Gasteiger charge is 2.50. The van der Waals surface area contributed by atoms with Gasteiger partial charge in [-0.15, -0.1) is 11.3 Å². The van der Waals surface area contributed by atoms with E-state index in [0.29, 0.717) is 0 Å². The second kappa shape index (κ2) is 15.1. The number of aromatic nitrogens is 1. The van der Waals surface area contributed by atoms with E-state index in [0.717, 1.165) is 17.1 Å². The maximum Gasteiger partial charge on any atom is 0.0754 e. The van der Waals surface area contributed by atoms with Gasteiger partial charge in [0.15, 0.2) is 0 Å². The molecule has 0 unspecified atom stereocenters. The maximum absolute atomic E-state index is 2.56. The Morgan fingerprint density at radius 2 is 0.929 bits per heavy atom. The summed E-state index contributed by atoms with van der Waals surface area (Å²) in [5.74, 6) is 0. The molecule has 2 aromatic heterocycles. The average Bonchev–Trinajstić information content (AvgIpc) is 4.09. The molecule has 2 aliphatic rings. The number of anilines is 3. The van der Waals surface area contributed by atoms with Crippen LogP contribution in [-0.2, 0) is 5.41 Å². The standard InChI is InChI=1S/C67H42N2S/c1-2-18-43(19-3-1)45-20-14-21-47(42-45)68(46-40-38-44(39-41-46)48-26-17-37-63-65(48)53-25-7-13-36-62(53)70-63)59-33-11-6-24-51(59)52-27-16-35-61-64(52)54-28-15-32-58-66(54)69(61)60-34-12-10-31-57(60)67(58)55-29-8-4-22-49(55)50-23-5-9-30-56(50)67/h1-42H. The Morgan fingerprint density at radius 3 is 1.76 bits per heavy atom. The van der Waals surface area contributed by atoms with Crippen molar-refractivity contribution in [3.63, 3.8) is 0 Å². The molecular formula is C67H42N2S. The highest BCUT2D eigenvalue weighted by Crippen LogP contribution is 2.61.